The Hall–Kier alpha value is -5.87. The number of pyridine rings is 1. The molecule has 5 aromatic rings. The minimum absolute atomic E-state index is 0.00268. The molecule has 2 amide bonds. The Kier molecular flexibility index (Phi) is 12.8. The van der Waals surface area contributed by atoms with Crippen LogP contribution in [0, 0.1) is 17.7 Å². The van der Waals surface area contributed by atoms with Crippen LogP contribution in [0.1, 0.15) is 52.5 Å². The zero-order valence-corrected chi connectivity index (χ0v) is 32.9. The maximum Gasteiger partial charge on any atom is 0.424 e. The van der Waals surface area contributed by atoms with Crippen molar-refractivity contribution in [3.63, 3.8) is 0 Å². The Balaban J connectivity index is 1.46. The molecule has 0 aliphatic heterocycles. The van der Waals surface area contributed by atoms with E-state index < -0.39 is 40.1 Å². The Morgan fingerprint density at radius 1 is 0.911 bits per heavy atom. The molecule has 2 aromatic heterocycles. The first-order valence-electron chi connectivity index (χ1n) is 17.8. The third-order valence-electron chi connectivity index (χ3n) is 8.91. The molecule has 0 spiro atoms. The molecule has 3 N–H and O–H groups in total. The number of esters is 1. The molecular weight excluding hydrogens is 744 g/mol. The Bertz CT molecular complexity index is 2310. The normalized spacial score (nSPS) is 13.3. The fraction of sp³-hybridized carbons (Fsp3) is 0.325. The smallest absolute Gasteiger partial charge is 0.424 e. The minimum atomic E-state index is -3.65. The topological polar surface area (TPSA) is 185 Å². The third kappa shape index (κ3) is 9.86. The minimum Gasteiger partial charge on any atom is -0.495 e. The molecule has 2 heterocycles. The predicted molar refractivity (Wildman–Crippen MR) is 209 cm³/mol. The second-order valence-corrected chi connectivity index (χ2v) is 16.1. The molecule has 296 valence electrons. The number of carbonyl (C=O) groups is 3. The molecule has 0 radical (unpaired) electrons. The van der Waals surface area contributed by atoms with Crippen molar-refractivity contribution in [2.24, 2.45) is 17.6 Å². The van der Waals surface area contributed by atoms with Crippen LogP contribution in [0.25, 0.3) is 16.8 Å². The van der Waals surface area contributed by atoms with Gasteiger partial charge in [0.1, 0.15) is 17.6 Å². The molecule has 3 atom stereocenters. The quantitative estimate of drug-likeness (QED) is 0.0885. The van der Waals surface area contributed by atoms with Crippen molar-refractivity contribution in [3.05, 3.63) is 96.4 Å². The van der Waals surface area contributed by atoms with Gasteiger partial charge in [-0.2, -0.15) is 4.98 Å². The van der Waals surface area contributed by atoms with Gasteiger partial charge in [-0.3, -0.25) is 9.59 Å². The molecule has 0 saturated carbocycles. The van der Waals surface area contributed by atoms with Crippen molar-refractivity contribution < 1.29 is 41.4 Å². The van der Waals surface area contributed by atoms with E-state index in [0.717, 1.165) is 22.3 Å². The van der Waals surface area contributed by atoms with Gasteiger partial charge in [-0.1, -0.05) is 52.0 Å². The number of fused-ring (bicyclic) bond motifs is 1. The number of amides is 2. The van der Waals surface area contributed by atoms with E-state index in [1.165, 1.54) is 42.0 Å². The van der Waals surface area contributed by atoms with Crippen LogP contribution in [0.3, 0.4) is 0 Å². The summed E-state index contributed by atoms with van der Waals surface area (Å²) in [6.07, 6.45) is 0.528. The SMILES string of the molecule is COc1cc(S(C)(=O)=O)ccc1N(C(=O)OC(CC(C)C)OC(=O)[C@@H](N)C(C)C)c1nc2ccc(-c3ccc(NC(=O)[C@H](C)c4ccc(F)cc4)cc3)cn2n1. The van der Waals surface area contributed by atoms with Gasteiger partial charge >= 0.3 is 12.1 Å². The molecule has 14 nitrogen and oxygen atoms in total. The second-order valence-electron chi connectivity index (χ2n) is 14.1. The van der Waals surface area contributed by atoms with Crippen LogP contribution in [-0.4, -0.2) is 66.7 Å². The van der Waals surface area contributed by atoms with Gasteiger partial charge in [0.05, 0.1) is 23.6 Å². The lowest BCUT2D eigenvalue weighted by molar-refractivity contribution is -0.172. The van der Waals surface area contributed by atoms with Crippen molar-refractivity contribution in [1.29, 1.82) is 0 Å². The van der Waals surface area contributed by atoms with Crippen LogP contribution in [0.15, 0.2) is 90.0 Å². The monoisotopic (exact) mass is 788 g/mol. The van der Waals surface area contributed by atoms with Crippen molar-refractivity contribution >= 4 is 50.8 Å². The fourth-order valence-electron chi connectivity index (χ4n) is 5.55. The lowest BCUT2D eigenvalue weighted by Gasteiger charge is -2.26. The van der Waals surface area contributed by atoms with Crippen LogP contribution in [0.4, 0.5) is 26.5 Å². The number of hydrogen-bond acceptors (Lipinski definition) is 11. The number of ether oxygens (including phenoxy) is 3. The van der Waals surface area contributed by atoms with Crippen LogP contribution in [0.5, 0.6) is 5.75 Å². The van der Waals surface area contributed by atoms with Crippen LogP contribution in [0.2, 0.25) is 0 Å². The summed E-state index contributed by atoms with van der Waals surface area (Å²) in [5.41, 5.74) is 9.17. The third-order valence-corrected chi connectivity index (χ3v) is 10.0. The van der Waals surface area contributed by atoms with Gasteiger partial charge in [0.2, 0.25) is 12.2 Å². The highest BCUT2D eigenvalue weighted by Gasteiger charge is 2.33. The summed E-state index contributed by atoms with van der Waals surface area (Å²) in [4.78, 5) is 45.4. The summed E-state index contributed by atoms with van der Waals surface area (Å²) in [5.74, 6) is -2.32. The highest BCUT2D eigenvalue weighted by molar-refractivity contribution is 7.90. The van der Waals surface area contributed by atoms with Crippen molar-refractivity contribution in [1.82, 2.24) is 14.6 Å². The number of carbonyl (C=O) groups excluding carboxylic acids is 3. The van der Waals surface area contributed by atoms with E-state index in [1.54, 1.807) is 63.4 Å². The van der Waals surface area contributed by atoms with Gasteiger partial charge < -0.3 is 25.3 Å². The van der Waals surface area contributed by atoms with Crippen molar-refractivity contribution in [2.45, 2.75) is 64.2 Å². The summed E-state index contributed by atoms with van der Waals surface area (Å²) < 4.78 is 56.5. The maximum atomic E-state index is 14.2. The molecule has 3 aromatic carbocycles. The number of rotatable bonds is 14. The molecular formula is C40H45FN6O8S. The molecule has 0 saturated heterocycles. The number of aromatic nitrogens is 3. The van der Waals surface area contributed by atoms with E-state index in [9.17, 15) is 27.2 Å². The molecule has 0 aliphatic rings. The van der Waals surface area contributed by atoms with Crippen LogP contribution < -0.4 is 20.7 Å². The average Bonchev–Trinajstić information content (AvgIpc) is 3.57. The van der Waals surface area contributed by atoms with E-state index in [1.807, 2.05) is 26.0 Å². The van der Waals surface area contributed by atoms with E-state index in [-0.39, 0.29) is 52.3 Å². The van der Waals surface area contributed by atoms with Gasteiger partial charge in [0.25, 0.3) is 5.95 Å². The highest BCUT2D eigenvalue weighted by Crippen LogP contribution is 2.36. The Morgan fingerprint density at radius 2 is 1.57 bits per heavy atom. The molecule has 1 unspecified atom stereocenters. The lowest BCUT2D eigenvalue weighted by atomic mass is 10.00. The van der Waals surface area contributed by atoms with Gasteiger partial charge in [-0.25, -0.2) is 27.0 Å². The first-order valence-corrected chi connectivity index (χ1v) is 19.7. The van der Waals surface area contributed by atoms with Gasteiger partial charge in [-0.05, 0) is 78.4 Å². The standard InChI is InChI=1S/C40H45FN6O8S/c1-23(2)20-35(54-38(49)36(42)24(3)4)55-40(50)47(32-18-17-31(56(7,51)52)21-33(32)53-6)39-44-34-19-12-28(22-46(34)45-39)27-10-15-30(16-11-27)43-37(48)25(5)26-8-13-29(41)14-9-26/h8-19,21-25,35-36H,20,42H2,1-7H3,(H,43,48)/t25-,35?,36+/m1/s1. The average molecular weight is 789 g/mol. The summed E-state index contributed by atoms with van der Waals surface area (Å²) in [6, 6.07) is 19.4. The van der Waals surface area contributed by atoms with Crippen LogP contribution in [-0.2, 0) is 28.9 Å². The predicted octanol–water partition coefficient (Wildman–Crippen LogP) is 6.86. The largest absolute Gasteiger partial charge is 0.495 e. The first kappa shape index (κ1) is 41.3. The van der Waals surface area contributed by atoms with E-state index in [4.69, 9.17) is 19.9 Å². The van der Waals surface area contributed by atoms with Crippen molar-refractivity contribution in [2.75, 3.05) is 23.6 Å². The van der Waals surface area contributed by atoms with E-state index in [2.05, 4.69) is 15.4 Å². The molecule has 0 bridgehead atoms. The zero-order chi connectivity index (χ0) is 40.9. The molecule has 0 aliphatic carbocycles. The van der Waals surface area contributed by atoms with Gasteiger partial charge in [0.15, 0.2) is 15.5 Å². The maximum absolute atomic E-state index is 14.2. The molecule has 56 heavy (non-hydrogen) atoms. The number of anilines is 3. The molecule has 0 fully saturated rings. The summed E-state index contributed by atoms with van der Waals surface area (Å²) in [5, 5.41) is 7.47. The van der Waals surface area contributed by atoms with E-state index in [0.29, 0.717) is 16.9 Å². The van der Waals surface area contributed by atoms with Gasteiger partial charge in [0, 0.05) is 36.2 Å². The number of halogens is 1. The van der Waals surface area contributed by atoms with Crippen molar-refractivity contribution in [3.8, 4) is 16.9 Å². The number of methoxy groups -OCH3 is 1. The number of benzene rings is 3. The Labute approximate surface area is 324 Å². The molecule has 16 heteroatoms. The summed E-state index contributed by atoms with van der Waals surface area (Å²) in [6.45, 7) is 8.99. The fourth-order valence-corrected chi connectivity index (χ4v) is 6.18. The summed E-state index contributed by atoms with van der Waals surface area (Å²) in [7, 11) is -2.34. The summed E-state index contributed by atoms with van der Waals surface area (Å²) >= 11 is 0. The highest BCUT2D eigenvalue weighted by atomic mass is 32.2. The van der Waals surface area contributed by atoms with Gasteiger partial charge in [-0.15, -0.1) is 5.10 Å². The number of sulfone groups is 1. The van der Waals surface area contributed by atoms with E-state index >= 15 is 0 Å². The number of nitrogens with one attached hydrogen (secondary N) is 1. The second kappa shape index (κ2) is 17.3. The zero-order valence-electron chi connectivity index (χ0n) is 32.1. The first-order chi connectivity index (χ1) is 26.4. The number of hydrogen-bond donors (Lipinski definition) is 2. The number of nitrogens with two attached hydrogens (primary N) is 1. The Morgan fingerprint density at radius 3 is 2.18 bits per heavy atom. The number of nitrogens with zero attached hydrogens (tertiary/aromatic N) is 4. The lowest BCUT2D eigenvalue weighted by Crippen LogP contribution is -2.41. The van der Waals surface area contributed by atoms with Crippen LogP contribution >= 0.6 is 0 Å². The molecule has 5 rings (SSSR count).